The molecule has 2 nitrogen and oxygen atoms in total. The number of hydrogen-bond acceptors (Lipinski definition) is 3. The van der Waals surface area contributed by atoms with E-state index in [9.17, 15) is 5.11 Å². The topological polar surface area (TPSA) is 46.2 Å². The Morgan fingerprint density at radius 1 is 1.16 bits per heavy atom. The Morgan fingerprint density at radius 2 is 1.95 bits per heavy atom. The monoisotopic (exact) mass is 337 g/mol. The molecule has 0 bridgehead atoms. The second kappa shape index (κ2) is 6.98. The molecule has 0 radical (unpaired) electrons. The molecule has 0 spiro atoms. The molecule has 2 aromatic carbocycles. The van der Waals surface area contributed by atoms with E-state index in [1.165, 1.54) is 4.90 Å². The number of nitrogens with two attached hydrogens (primary N) is 1. The van der Waals surface area contributed by atoms with E-state index < -0.39 is 0 Å². The molecule has 100 valence electrons. The van der Waals surface area contributed by atoms with E-state index in [4.69, 9.17) is 5.73 Å². The number of phenolic OH excluding ortho intramolecular Hbond substituents is 1. The lowest BCUT2D eigenvalue weighted by atomic mass is 10.1. The number of phenols is 1. The summed E-state index contributed by atoms with van der Waals surface area (Å²) in [5.74, 6) is 1.15. The van der Waals surface area contributed by atoms with Crippen molar-refractivity contribution in [3.05, 3.63) is 58.6 Å². The quantitative estimate of drug-likeness (QED) is 0.815. The molecule has 2 aromatic rings. The second-order valence-corrected chi connectivity index (χ2v) is 6.41. The van der Waals surface area contributed by atoms with Gasteiger partial charge in [-0.3, -0.25) is 0 Å². The van der Waals surface area contributed by atoms with Crippen molar-refractivity contribution in [3.8, 4) is 5.75 Å². The van der Waals surface area contributed by atoms with Crippen LogP contribution < -0.4 is 5.73 Å². The van der Waals surface area contributed by atoms with Crippen molar-refractivity contribution in [3.63, 3.8) is 0 Å². The van der Waals surface area contributed by atoms with Gasteiger partial charge in [-0.2, -0.15) is 0 Å². The summed E-state index contributed by atoms with van der Waals surface area (Å²) in [5.41, 5.74) is 7.20. The van der Waals surface area contributed by atoms with Crippen LogP contribution in [0, 0.1) is 0 Å². The molecule has 0 saturated carbocycles. The van der Waals surface area contributed by atoms with Gasteiger partial charge in [-0.15, -0.1) is 11.8 Å². The summed E-state index contributed by atoms with van der Waals surface area (Å²) in [6, 6.07) is 15.6. The highest BCUT2D eigenvalue weighted by Gasteiger charge is 2.06. The van der Waals surface area contributed by atoms with E-state index in [1.807, 2.05) is 24.3 Å². The molecule has 0 aliphatic rings. The van der Waals surface area contributed by atoms with Gasteiger partial charge < -0.3 is 10.8 Å². The third-order valence-electron chi connectivity index (χ3n) is 2.67. The highest BCUT2D eigenvalue weighted by molar-refractivity contribution is 9.10. The lowest BCUT2D eigenvalue weighted by Crippen LogP contribution is -2.25. The van der Waals surface area contributed by atoms with Crippen molar-refractivity contribution in [2.75, 3.05) is 5.75 Å². The first kappa shape index (κ1) is 14.4. The largest absolute Gasteiger partial charge is 0.508 e. The lowest BCUT2D eigenvalue weighted by molar-refractivity contribution is 0.474. The zero-order chi connectivity index (χ0) is 13.7. The summed E-state index contributed by atoms with van der Waals surface area (Å²) in [7, 11) is 0. The van der Waals surface area contributed by atoms with Crippen LogP contribution in [0.15, 0.2) is 57.9 Å². The van der Waals surface area contributed by atoms with Gasteiger partial charge in [0.2, 0.25) is 0 Å². The van der Waals surface area contributed by atoms with E-state index in [-0.39, 0.29) is 6.04 Å². The van der Waals surface area contributed by atoms with Crippen molar-refractivity contribution >= 4 is 27.7 Å². The molecule has 4 heteroatoms. The van der Waals surface area contributed by atoms with E-state index in [0.717, 1.165) is 22.2 Å². The fourth-order valence-corrected chi connectivity index (χ4v) is 3.27. The number of halogens is 1. The van der Waals surface area contributed by atoms with Crippen LogP contribution >= 0.6 is 27.7 Å². The first-order valence-corrected chi connectivity index (χ1v) is 7.83. The molecule has 0 aromatic heterocycles. The van der Waals surface area contributed by atoms with Gasteiger partial charge in [0.25, 0.3) is 0 Å². The highest BCUT2D eigenvalue weighted by atomic mass is 79.9. The fourth-order valence-electron chi connectivity index (χ4n) is 1.81. The summed E-state index contributed by atoms with van der Waals surface area (Å²) < 4.78 is 1.08. The van der Waals surface area contributed by atoms with Gasteiger partial charge in [-0.25, -0.2) is 0 Å². The minimum atomic E-state index is 0.0748. The van der Waals surface area contributed by atoms with Crippen LogP contribution in [0.25, 0.3) is 0 Å². The molecule has 0 aliphatic heterocycles. The maximum absolute atomic E-state index is 9.41. The summed E-state index contributed by atoms with van der Waals surface area (Å²) in [5, 5.41) is 9.41. The molecule has 0 amide bonds. The normalized spacial score (nSPS) is 12.3. The molecule has 3 N–H and O–H groups in total. The Hall–Kier alpha value is -0.970. The van der Waals surface area contributed by atoms with Gasteiger partial charge in [0, 0.05) is 21.2 Å². The highest BCUT2D eigenvalue weighted by Crippen LogP contribution is 2.23. The minimum Gasteiger partial charge on any atom is -0.508 e. The van der Waals surface area contributed by atoms with Crippen molar-refractivity contribution in [1.82, 2.24) is 0 Å². The van der Waals surface area contributed by atoms with Crippen molar-refractivity contribution in [1.29, 1.82) is 0 Å². The van der Waals surface area contributed by atoms with Crippen LogP contribution in [-0.2, 0) is 6.42 Å². The Morgan fingerprint density at radius 3 is 2.68 bits per heavy atom. The van der Waals surface area contributed by atoms with Gasteiger partial charge >= 0.3 is 0 Å². The van der Waals surface area contributed by atoms with Crippen molar-refractivity contribution in [2.45, 2.75) is 17.4 Å². The Kier molecular flexibility index (Phi) is 5.31. The average molecular weight is 338 g/mol. The smallest absolute Gasteiger partial charge is 0.115 e. The van der Waals surface area contributed by atoms with Gasteiger partial charge in [0.15, 0.2) is 0 Å². The van der Waals surface area contributed by atoms with Gasteiger partial charge in [-0.05, 0) is 42.3 Å². The van der Waals surface area contributed by atoms with Crippen molar-refractivity contribution in [2.24, 2.45) is 5.73 Å². The van der Waals surface area contributed by atoms with Crippen LogP contribution in [0.5, 0.6) is 5.75 Å². The Labute approximate surface area is 126 Å². The fraction of sp³-hybridized carbons (Fsp3) is 0.200. The summed E-state index contributed by atoms with van der Waals surface area (Å²) in [6.45, 7) is 0. The molecular formula is C15H16BrNOS. The zero-order valence-electron chi connectivity index (χ0n) is 10.4. The molecular weight excluding hydrogens is 322 g/mol. The van der Waals surface area contributed by atoms with Crippen LogP contribution in [0.4, 0.5) is 0 Å². The molecule has 1 unspecified atom stereocenters. The van der Waals surface area contributed by atoms with Gasteiger partial charge in [-0.1, -0.05) is 34.1 Å². The predicted molar refractivity (Wildman–Crippen MR) is 84.7 cm³/mol. The Bertz CT molecular complexity index is 547. The summed E-state index contributed by atoms with van der Waals surface area (Å²) in [4.78, 5) is 1.21. The third-order valence-corrected chi connectivity index (χ3v) is 4.34. The molecule has 0 heterocycles. The number of hydrogen-bond donors (Lipinski definition) is 2. The van der Waals surface area contributed by atoms with Gasteiger partial charge in [0.05, 0.1) is 0 Å². The summed E-state index contributed by atoms with van der Waals surface area (Å²) >= 11 is 5.21. The van der Waals surface area contributed by atoms with Crippen molar-refractivity contribution < 1.29 is 5.11 Å². The minimum absolute atomic E-state index is 0.0748. The zero-order valence-corrected chi connectivity index (χ0v) is 12.8. The van der Waals surface area contributed by atoms with Gasteiger partial charge in [0.1, 0.15) is 5.75 Å². The molecule has 1 atom stereocenters. The third kappa shape index (κ3) is 4.90. The lowest BCUT2D eigenvalue weighted by Gasteiger charge is -2.11. The van der Waals surface area contributed by atoms with E-state index in [1.54, 1.807) is 23.9 Å². The predicted octanol–water partition coefficient (Wildman–Crippen LogP) is 3.82. The van der Waals surface area contributed by atoms with Crippen LogP contribution in [0.2, 0.25) is 0 Å². The van der Waals surface area contributed by atoms with Crippen LogP contribution in [0.1, 0.15) is 5.56 Å². The number of benzene rings is 2. The molecule has 19 heavy (non-hydrogen) atoms. The molecule has 0 aliphatic carbocycles. The van der Waals surface area contributed by atoms with E-state index in [0.29, 0.717) is 5.75 Å². The first-order valence-electron chi connectivity index (χ1n) is 6.05. The second-order valence-electron chi connectivity index (χ2n) is 4.40. The van der Waals surface area contributed by atoms with Crippen LogP contribution in [0.3, 0.4) is 0 Å². The van der Waals surface area contributed by atoms with Crippen LogP contribution in [-0.4, -0.2) is 16.9 Å². The summed E-state index contributed by atoms with van der Waals surface area (Å²) in [6.07, 6.45) is 0.773. The van der Waals surface area contributed by atoms with E-state index in [2.05, 4.69) is 28.1 Å². The molecule has 0 fully saturated rings. The SMILES string of the molecule is NC(CSc1cccc(Br)c1)Cc1cccc(O)c1. The Balaban J connectivity index is 1.86. The number of rotatable bonds is 5. The average Bonchev–Trinajstić information content (AvgIpc) is 2.36. The standard InChI is InChI=1S/C15H16BrNOS/c16-12-4-2-6-15(9-12)19-10-13(17)7-11-3-1-5-14(18)8-11/h1-6,8-9,13,18H,7,10,17H2. The maximum atomic E-state index is 9.41. The number of thioether (sulfide) groups is 1. The molecule has 0 saturated heterocycles. The van der Waals surface area contributed by atoms with E-state index >= 15 is 0 Å². The maximum Gasteiger partial charge on any atom is 0.115 e. The molecule has 2 rings (SSSR count). The number of aromatic hydroxyl groups is 1. The first-order chi connectivity index (χ1) is 9.13.